The average molecular weight is 216 g/mol. The van der Waals surface area contributed by atoms with Crippen molar-refractivity contribution in [2.45, 2.75) is 18.9 Å². The standard InChI is InChI=1S/C9H16N2O2S/c1-14-7-4-8(9(12)13)10-11-5-2-3-6-11/h2,5,8,10H,3-4,6-7H2,1H3,(H,12,13)/t8-/m0/s1. The molecular weight excluding hydrogens is 200 g/mol. The highest BCUT2D eigenvalue weighted by molar-refractivity contribution is 7.98. The summed E-state index contributed by atoms with van der Waals surface area (Å²) in [5, 5.41) is 10.8. The van der Waals surface area contributed by atoms with Crippen LogP contribution in [0.1, 0.15) is 12.8 Å². The normalized spacial score (nSPS) is 17.4. The molecule has 1 aliphatic rings. The van der Waals surface area contributed by atoms with Crippen molar-refractivity contribution in [2.75, 3.05) is 18.6 Å². The molecule has 0 bridgehead atoms. The Morgan fingerprint density at radius 3 is 3.07 bits per heavy atom. The first-order chi connectivity index (χ1) is 6.74. The molecule has 5 heteroatoms. The maximum Gasteiger partial charge on any atom is 0.322 e. The monoisotopic (exact) mass is 216 g/mol. The number of nitrogens with zero attached hydrogens (tertiary/aromatic N) is 1. The van der Waals surface area contributed by atoms with Gasteiger partial charge in [0.2, 0.25) is 0 Å². The minimum atomic E-state index is -0.778. The van der Waals surface area contributed by atoms with Gasteiger partial charge in [-0.05, 0) is 24.9 Å². The van der Waals surface area contributed by atoms with E-state index >= 15 is 0 Å². The molecule has 0 aromatic carbocycles. The van der Waals surface area contributed by atoms with Gasteiger partial charge in [0.05, 0.1) is 0 Å². The Hall–Kier alpha value is -0.680. The summed E-state index contributed by atoms with van der Waals surface area (Å²) < 4.78 is 0. The predicted octanol–water partition coefficient (Wildman–Crippen LogP) is 0.917. The Kier molecular flexibility index (Phi) is 4.82. The molecule has 1 aliphatic heterocycles. The SMILES string of the molecule is CSCC[C@H](NN1C=CCC1)C(=O)O. The van der Waals surface area contributed by atoms with Gasteiger partial charge < -0.3 is 10.1 Å². The molecule has 0 saturated heterocycles. The van der Waals surface area contributed by atoms with Gasteiger partial charge >= 0.3 is 5.97 Å². The Balaban J connectivity index is 2.34. The summed E-state index contributed by atoms with van der Waals surface area (Å²) >= 11 is 1.67. The van der Waals surface area contributed by atoms with E-state index in [-0.39, 0.29) is 0 Å². The summed E-state index contributed by atoms with van der Waals surface area (Å²) in [5.74, 6) is 0.0842. The second kappa shape index (κ2) is 5.93. The number of rotatable bonds is 6. The number of carbonyl (C=O) groups is 1. The number of hydrogen-bond acceptors (Lipinski definition) is 4. The van der Waals surface area contributed by atoms with E-state index in [9.17, 15) is 4.79 Å². The largest absolute Gasteiger partial charge is 0.480 e. The number of carboxylic acid groups (broad SMARTS) is 1. The molecule has 1 atom stereocenters. The lowest BCUT2D eigenvalue weighted by molar-refractivity contribution is -0.140. The van der Waals surface area contributed by atoms with Crippen molar-refractivity contribution in [1.82, 2.24) is 10.4 Å². The van der Waals surface area contributed by atoms with E-state index in [0.717, 1.165) is 18.7 Å². The minimum absolute atomic E-state index is 0.467. The van der Waals surface area contributed by atoms with Gasteiger partial charge in [0.15, 0.2) is 0 Å². The van der Waals surface area contributed by atoms with Gasteiger partial charge in [-0.2, -0.15) is 11.8 Å². The first kappa shape index (κ1) is 11.4. The van der Waals surface area contributed by atoms with E-state index in [4.69, 9.17) is 5.11 Å². The number of nitrogens with one attached hydrogen (secondary N) is 1. The maximum atomic E-state index is 10.9. The van der Waals surface area contributed by atoms with E-state index < -0.39 is 12.0 Å². The van der Waals surface area contributed by atoms with E-state index in [1.807, 2.05) is 23.5 Å². The van der Waals surface area contributed by atoms with Gasteiger partial charge in [0, 0.05) is 12.7 Å². The summed E-state index contributed by atoms with van der Waals surface area (Å²) in [6.07, 6.45) is 7.55. The van der Waals surface area contributed by atoms with Crippen molar-refractivity contribution in [3.8, 4) is 0 Å². The number of thioether (sulfide) groups is 1. The molecule has 0 amide bonds. The van der Waals surface area contributed by atoms with Gasteiger partial charge in [-0.25, -0.2) is 5.43 Å². The van der Waals surface area contributed by atoms with Crippen LogP contribution in [0.2, 0.25) is 0 Å². The van der Waals surface area contributed by atoms with Crippen molar-refractivity contribution in [3.05, 3.63) is 12.3 Å². The van der Waals surface area contributed by atoms with Crippen LogP contribution < -0.4 is 5.43 Å². The van der Waals surface area contributed by atoms with Gasteiger partial charge in [0.25, 0.3) is 0 Å². The van der Waals surface area contributed by atoms with Crippen molar-refractivity contribution >= 4 is 17.7 Å². The lowest BCUT2D eigenvalue weighted by atomic mass is 10.2. The highest BCUT2D eigenvalue weighted by Crippen LogP contribution is 2.05. The molecule has 80 valence electrons. The molecular formula is C9H16N2O2S. The van der Waals surface area contributed by atoms with Crippen LogP contribution in [0, 0.1) is 0 Å². The summed E-state index contributed by atoms with van der Waals surface area (Å²) in [6, 6.07) is -0.467. The van der Waals surface area contributed by atoms with E-state index in [1.54, 1.807) is 11.8 Å². The lowest BCUT2D eigenvalue weighted by Gasteiger charge is -2.22. The Morgan fingerprint density at radius 2 is 2.57 bits per heavy atom. The van der Waals surface area contributed by atoms with Crippen molar-refractivity contribution in [2.24, 2.45) is 0 Å². The van der Waals surface area contributed by atoms with Crippen LogP contribution in [0.5, 0.6) is 0 Å². The third-order valence-corrected chi connectivity index (χ3v) is 2.70. The molecule has 0 aromatic heterocycles. The Morgan fingerprint density at radius 1 is 1.79 bits per heavy atom. The second-order valence-corrected chi connectivity index (χ2v) is 4.15. The van der Waals surface area contributed by atoms with Gasteiger partial charge in [-0.3, -0.25) is 4.79 Å². The van der Waals surface area contributed by atoms with E-state index in [0.29, 0.717) is 6.42 Å². The Bertz CT molecular complexity index is 221. The number of hydrogen-bond donors (Lipinski definition) is 2. The fourth-order valence-corrected chi connectivity index (χ4v) is 1.75. The second-order valence-electron chi connectivity index (χ2n) is 3.17. The zero-order valence-corrected chi connectivity index (χ0v) is 9.09. The van der Waals surface area contributed by atoms with Crippen LogP contribution in [-0.2, 0) is 4.79 Å². The fourth-order valence-electron chi connectivity index (χ4n) is 1.28. The summed E-state index contributed by atoms with van der Waals surface area (Å²) in [4.78, 5) is 10.9. The van der Waals surface area contributed by atoms with Gasteiger partial charge in [-0.1, -0.05) is 6.08 Å². The maximum absolute atomic E-state index is 10.9. The molecule has 4 nitrogen and oxygen atoms in total. The quantitative estimate of drug-likeness (QED) is 0.691. The van der Waals surface area contributed by atoms with Crippen LogP contribution in [0.3, 0.4) is 0 Å². The molecule has 0 spiro atoms. The van der Waals surface area contributed by atoms with E-state index in [1.165, 1.54) is 0 Å². The van der Waals surface area contributed by atoms with Crippen molar-refractivity contribution < 1.29 is 9.90 Å². The fraction of sp³-hybridized carbons (Fsp3) is 0.667. The molecule has 0 unspecified atom stereocenters. The van der Waals surface area contributed by atoms with Crippen LogP contribution in [0.15, 0.2) is 12.3 Å². The first-order valence-corrected chi connectivity index (χ1v) is 6.04. The lowest BCUT2D eigenvalue weighted by Crippen LogP contribution is -2.45. The zero-order chi connectivity index (χ0) is 10.4. The average Bonchev–Trinajstić information content (AvgIpc) is 2.64. The topological polar surface area (TPSA) is 52.6 Å². The van der Waals surface area contributed by atoms with Crippen LogP contribution in [0.25, 0.3) is 0 Å². The molecule has 0 saturated carbocycles. The molecule has 1 heterocycles. The predicted molar refractivity (Wildman–Crippen MR) is 58.0 cm³/mol. The third-order valence-electron chi connectivity index (χ3n) is 2.05. The highest BCUT2D eigenvalue weighted by Gasteiger charge is 2.19. The molecule has 14 heavy (non-hydrogen) atoms. The number of aliphatic carboxylic acids is 1. The van der Waals surface area contributed by atoms with Gasteiger partial charge in [-0.15, -0.1) is 0 Å². The number of carboxylic acids is 1. The molecule has 1 rings (SSSR count). The molecule has 0 aliphatic carbocycles. The van der Waals surface area contributed by atoms with Crippen LogP contribution in [0.4, 0.5) is 0 Å². The summed E-state index contributed by atoms with van der Waals surface area (Å²) in [5.41, 5.74) is 2.98. The smallest absolute Gasteiger partial charge is 0.322 e. The molecule has 0 aromatic rings. The molecule has 2 N–H and O–H groups in total. The summed E-state index contributed by atoms with van der Waals surface area (Å²) in [6.45, 7) is 0.864. The van der Waals surface area contributed by atoms with E-state index in [2.05, 4.69) is 5.43 Å². The van der Waals surface area contributed by atoms with Crippen LogP contribution in [-0.4, -0.2) is 40.7 Å². The Labute approximate surface area is 88.3 Å². The first-order valence-electron chi connectivity index (χ1n) is 4.65. The highest BCUT2D eigenvalue weighted by atomic mass is 32.2. The zero-order valence-electron chi connectivity index (χ0n) is 8.27. The summed E-state index contributed by atoms with van der Waals surface area (Å²) in [7, 11) is 0. The number of hydrazine groups is 1. The molecule has 0 fully saturated rings. The minimum Gasteiger partial charge on any atom is -0.480 e. The molecule has 0 radical (unpaired) electrons. The van der Waals surface area contributed by atoms with Crippen molar-refractivity contribution in [3.63, 3.8) is 0 Å². The third kappa shape index (κ3) is 3.59. The van der Waals surface area contributed by atoms with Crippen LogP contribution >= 0.6 is 11.8 Å². The van der Waals surface area contributed by atoms with Crippen molar-refractivity contribution in [1.29, 1.82) is 0 Å². The van der Waals surface area contributed by atoms with Gasteiger partial charge in [0.1, 0.15) is 6.04 Å².